The Morgan fingerprint density at radius 2 is 2.00 bits per heavy atom. The second-order valence-corrected chi connectivity index (χ2v) is 3.91. The lowest BCUT2D eigenvalue weighted by Crippen LogP contribution is -2.37. The van der Waals surface area contributed by atoms with E-state index in [-0.39, 0.29) is 0 Å². The van der Waals surface area contributed by atoms with Crippen LogP contribution < -0.4 is 15.4 Å². The fourth-order valence-electron chi connectivity index (χ4n) is 1.34. The predicted octanol–water partition coefficient (Wildman–Crippen LogP) is 1.11. The zero-order valence-electron chi connectivity index (χ0n) is 9.78. The van der Waals surface area contributed by atoms with Gasteiger partial charge in [-0.25, -0.2) is 0 Å². The van der Waals surface area contributed by atoms with Crippen molar-refractivity contribution >= 4 is 29.1 Å². The van der Waals surface area contributed by atoms with E-state index in [2.05, 4.69) is 0 Å². The Balaban J connectivity index is 3.25. The average Bonchev–Trinajstić information content (AvgIpc) is 2.29. The molecular weight excluding hydrogens is 244 g/mol. The topological polar surface area (TPSA) is 72.6 Å². The molecule has 2 N–H and O–H groups in total. The number of aryl methyl sites for hydroxylation is 1. The fourth-order valence-corrected chi connectivity index (χ4v) is 1.50. The number of amides is 2. The lowest BCUT2D eigenvalue weighted by Gasteiger charge is -2.19. The number of hydrogen-bond donors (Lipinski definition) is 1. The third-order valence-corrected chi connectivity index (χ3v) is 2.74. The van der Waals surface area contributed by atoms with Gasteiger partial charge >= 0.3 is 11.8 Å². The summed E-state index contributed by atoms with van der Waals surface area (Å²) in [7, 11) is 2.89. The lowest BCUT2D eigenvalue weighted by atomic mass is 10.2. The number of ether oxygens (including phenoxy) is 1. The number of carbonyl (C=O) groups is 2. The predicted molar refractivity (Wildman–Crippen MR) is 65.3 cm³/mol. The van der Waals surface area contributed by atoms with Gasteiger partial charge in [-0.3, -0.25) is 9.59 Å². The first-order chi connectivity index (χ1) is 7.88. The Morgan fingerprint density at radius 1 is 1.41 bits per heavy atom. The van der Waals surface area contributed by atoms with E-state index in [1.54, 1.807) is 12.1 Å². The smallest absolute Gasteiger partial charge is 0.315 e. The van der Waals surface area contributed by atoms with Crippen molar-refractivity contribution in [2.24, 2.45) is 5.73 Å². The normalized spacial score (nSPS) is 9.88. The van der Waals surface area contributed by atoms with Crippen LogP contribution in [-0.4, -0.2) is 26.0 Å². The highest BCUT2D eigenvalue weighted by Gasteiger charge is 2.20. The number of rotatable bonds is 2. The van der Waals surface area contributed by atoms with Crippen LogP contribution in [0.25, 0.3) is 0 Å². The molecule has 0 aliphatic heterocycles. The van der Waals surface area contributed by atoms with Crippen molar-refractivity contribution in [3.63, 3.8) is 0 Å². The molecule has 6 heteroatoms. The second-order valence-electron chi connectivity index (χ2n) is 3.50. The lowest BCUT2D eigenvalue weighted by molar-refractivity contribution is -0.135. The quantitative estimate of drug-likeness (QED) is 0.806. The number of carbonyl (C=O) groups excluding carboxylic acids is 2. The highest BCUT2D eigenvalue weighted by atomic mass is 35.5. The summed E-state index contributed by atoms with van der Waals surface area (Å²) < 4.78 is 5.13. The Morgan fingerprint density at radius 3 is 2.47 bits per heavy atom. The number of benzene rings is 1. The number of primary amides is 1. The summed E-state index contributed by atoms with van der Waals surface area (Å²) in [4.78, 5) is 23.4. The molecule has 0 saturated carbocycles. The molecule has 0 aromatic heterocycles. The molecule has 0 heterocycles. The standard InChI is InChI=1S/C11H13ClN2O3/c1-6-4-9(17-3)8(5-7(6)12)14(2)11(16)10(13)15/h4-5H,1-3H3,(H2,13,15). The molecule has 1 aromatic rings. The van der Waals surface area contributed by atoms with E-state index >= 15 is 0 Å². The molecule has 0 fully saturated rings. The second kappa shape index (κ2) is 5.05. The van der Waals surface area contributed by atoms with Gasteiger partial charge in [-0.05, 0) is 24.6 Å². The van der Waals surface area contributed by atoms with E-state index in [0.717, 1.165) is 10.5 Å². The van der Waals surface area contributed by atoms with Crippen LogP contribution in [-0.2, 0) is 9.59 Å². The van der Waals surface area contributed by atoms with Gasteiger partial charge in [0.1, 0.15) is 5.75 Å². The highest BCUT2D eigenvalue weighted by molar-refractivity contribution is 6.40. The maximum atomic E-state index is 11.5. The van der Waals surface area contributed by atoms with Crippen molar-refractivity contribution in [2.45, 2.75) is 6.92 Å². The van der Waals surface area contributed by atoms with Crippen LogP contribution >= 0.6 is 11.6 Å². The third-order valence-electron chi connectivity index (χ3n) is 2.34. The van der Waals surface area contributed by atoms with Gasteiger partial charge in [-0.15, -0.1) is 0 Å². The van der Waals surface area contributed by atoms with Crippen molar-refractivity contribution in [1.29, 1.82) is 0 Å². The highest BCUT2D eigenvalue weighted by Crippen LogP contribution is 2.33. The van der Waals surface area contributed by atoms with Crippen LogP contribution in [0.1, 0.15) is 5.56 Å². The minimum Gasteiger partial charge on any atom is -0.495 e. The Hall–Kier alpha value is -1.75. The molecule has 1 rings (SSSR count). The number of halogens is 1. The summed E-state index contributed by atoms with van der Waals surface area (Å²) in [5.41, 5.74) is 6.14. The maximum absolute atomic E-state index is 11.5. The summed E-state index contributed by atoms with van der Waals surface area (Å²) in [6.45, 7) is 1.81. The van der Waals surface area contributed by atoms with E-state index in [4.69, 9.17) is 22.1 Å². The average molecular weight is 257 g/mol. The van der Waals surface area contributed by atoms with Crippen LogP contribution in [0.3, 0.4) is 0 Å². The first-order valence-corrected chi connectivity index (χ1v) is 5.18. The van der Waals surface area contributed by atoms with Crippen LogP contribution in [0.2, 0.25) is 5.02 Å². The Bertz CT molecular complexity index is 474. The number of methoxy groups -OCH3 is 1. The molecule has 1 aromatic carbocycles. The van der Waals surface area contributed by atoms with E-state index in [0.29, 0.717) is 16.5 Å². The first kappa shape index (κ1) is 13.3. The fraction of sp³-hybridized carbons (Fsp3) is 0.273. The van der Waals surface area contributed by atoms with Crippen LogP contribution in [0.15, 0.2) is 12.1 Å². The summed E-state index contributed by atoms with van der Waals surface area (Å²) in [6, 6.07) is 3.24. The van der Waals surface area contributed by atoms with Crippen LogP contribution in [0, 0.1) is 6.92 Å². The van der Waals surface area contributed by atoms with Crippen molar-refractivity contribution in [3.8, 4) is 5.75 Å². The maximum Gasteiger partial charge on any atom is 0.315 e. The molecular formula is C11H13ClN2O3. The van der Waals surface area contributed by atoms with Gasteiger partial charge in [-0.2, -0.15) is 0 Å². The molecule has 92 valence electrons. The molecule has 0 unspecified atom stereocenters. The van der Waals surface area contributed by atoms with E-state index in [9.17, 15) is 9.59 Å². The van der Waals surface area contributed by atoms with Crippen LogP contribution in [0.5, 0.6) is 5.75 Å². The van der Waals surface area contributed by atoms with Crippen molar-refractivity contribution in [1.82, 2.24) is 0 Å². The largest absolute Gasteiger partial charge is 0.495 e. The van der Waals surface area contributed by atoms with E-state index in [1.807, 2.05) is 6.92 Å². The number of nitrogens with two attached hydrogens (primary N) is 1. The first-order valence-electron chi connectivity index (χ1n) is 4.80. The molecule has 0 atom stereocenters. The summed E-state index contributed by atoms with van der Waals surface area (Å²) in [6.07, 6.45) is 0. The van der Waals surface area contributed by atoms with Gasteiger partial charge in [0.25, 0.3) is 0 Å². The number of nitrogens with zero attached hydrogens (tertiary/aromatic N) is 1. The minimum atomic E-state index is -1.04. The van der Waals surface area contributed by atoms with Gasteiger partial charge in [0.05, 0.1) is 12.8 Å². The molecule has 17 heavy (non-hydrogen) atoms. The summed E-state index contributed by atoms with van der Waals surface area (Å²) in [5, 5.41) is 0.477. The summed E-state index contributed by atoms with van der Waals surface area (Å²) >= 11 is 5.96. The van der Waals surface area contributed by atoms with Crippen molar-refractivity contribution in [2.75, 3.05) is 19.1 Å². The Kier molecular flexibility index (Phi) is 3.96. The van der Waals surface area contributed by atoms with Gasteiger partial charge < -0.3 is 15.4 Å². The van der Waals surface area contributed by atoms with Crippen molar-refractivity contribution < 1.29 is 14.3 Å². The SMILES string of the molecule is COc1cc(C)c(Cl)cc1N(C)C(=O)C(N)=O. The molecule has 5 nitrogen and oxygen atoms in total. The zero-order valence-corrected chi connectivity index (χ0v) is 10.5. The summed E-state index contributed by atoms with van der Waals surface area (Å²) in [5.74, 6) is -1.42. The number of hydrogen-bond acceptors (Lipinski definition) is 3. The molecule has 2 amide bonds. The molecule has 0 aliphatic rings. The van der Waals surface area contributed by atoms with Crippen LogP contribution in [0.4, 0.5) is 5.69 Å². The molecule has 0 saturated heterocycles. The monoisotopic (exact) mass is 256 g/mol. The van der Waals surface area contributed by atoms with Gasteiger partial charge in [-0.1, -0.05) is 11.6 Å². The molecule has 0 bridgehead atoms. The van der Waals surface area contributed by atoms with Gasteiger partial charge in [0.15, 0.2) is 0 Å². The van der Waals surface area contributed by atoms with Crippen molar-refractivity contribution in [3.05, 3.63) is 22.7 Å². The molecule has 0 aliphatic carbocycles. The number of anilines is 1. The zero-order chi connectivity index (χ0) is 13.2. The third kappa shape index (κ3) is 2.68. The molecule has 0 spiro atoms. The molecule has 0 radical (unpaired) electrons. The van der Waals surface area contributed by atoms with E-state index in [1.165, 1.54) is 14.2 Å². The Labute approximate surface area is 104 Å². The van der Waals surface area contributed by atoms with Gasteiger partial charge in [0.2, 0.25) is 0 Å². The minimum absolute atomic E-state index is 0.395. The number of likely N-dealkylation sites (N-methyl/N-ethyl adjacent to an activating group) is 1. The van der Waals surface area contributed by atoms with Gasteiger partial charge in [0, 0.05) is 12.1 Å². The van der Waals surface area contributed by atoms with E-state index < -0.39 is 11.8 Å².